The molecule has 0 aromatic carbocycles. The standard InChI is InChI=1S/C91H154O5/c1-3-5-7-9-11-13-15-17-19-21-23-25-27-29-31-33-35-37-39-41-43-45-47-49-51-53-55-57-59-61-63-65-67-69-71-73-75-77-79-81-83-85-90(93)95-88-89(87-92)96-91(94)86-84-82-80-78-76-74-72-70-68-66-64-62-60-58-56-54-52-50-48-46-44-42-40-38-36-34-32-30-28-26-24-22-20-18-16-14-12-10-8-6-4-2/h5-8,11-14,17-20,23-26,30,32,36,38,42,44,48,50,54,56,89,92H,3-4,9-10,15-16,21-22,27-29,31,33-35,37,39-41,43,45-47,49,51-53,55,57-88H2,1-2H3/b7-5-,8-6-,13-11-,14-12-,19-17-,20-18-,25-23-,26-24-,32-30-,38-36-,44-42-,50-48-,56-54-. The Hall–Kier alpha value is -4.48. The number of carbonyl (C=O) groups excluding carboxylic acids is 2. The molecule has 1 N–H and O–H groups in total. The molecular weight excluding hydrogens is 1170 g/mol. The van der Waals surface area contributed by atoms with Gasteiger partial charge in [0.15, 0.2) is 6.10 Å². The summed E-state index contributed by atoms with van der Waals surface area (Å²) >= 11 is 0. The maximum atomic E-state index is 12.4. The van der Waals surface area contributed by atoms with Gasteiger partial charge in [-0.15, -0.1) is 0 Å². The van der Waals surface area contributed by atoms with Crippen LogP contribution in [0.5, 0.6) is 0 Å². The molecule has 0 fully saturated rings. The van der Waals surface area contributed by atoms with Crippen LogP contribution in [0, 0.1) is 0 Å². The van der Waals surface area contributed by atoms with Crippen molar-refractivity contribution in [3.05, 3.63) is 158 Å². The molecule has 0 heterocycles. The number of hydrogen-bond acceptors (Lipinski definition) is 5. The van der Waals surface area contributed by atoms with Gasteiger partial charge in [-0.3, -0.25) is 9.59 Å². The molecule has 5 nitrogen and oxygen atoms in total. The van der Waals surface area contributed by atoms with E-state index in [1.165, 1.54) is 238 Å². The van der Waals surface area contributed by atoms with Crippen LogP contribution in [0.3, 0.4) is 0 Å². The minimum Gasteiger partial charge on any atom is -0.462 e. The van der Waals surface area contributed by atoms with E-state index in [1.54, 1.807) is 0 Å². The largest absolute Gasteiger partial charge is 0.462 e. The van der Waals surface area contributed by atoms with Crippen LogP contribution in [-0.4, -0.2) is 36.4 Å². The first-order chi connectivity index (χ1) is 47.6. The molecule has 0 aliphatic heterocycles. The minimum atomic E-state index is -0.781. The van der Waals surface area contributed by atoms with Crippen molar-refractivity contribution in [1.29, 1.82) is 0 Å². The first-order valence-electron chi connectivity index (χ1n) is 41.0. The van der Waals surface area contributed by atoms with Crippen molar-refractivity contribution in [3.8, 4) is 0 Å². The van der Waals surface area contributed by atoms with Gasteiger partial charge in [0, 0.05) is 12.8 Å². The molecule has 0 rings (SSSR count). The topological polar surface area (TPSA) is 72.8 Å². The highest BCUT2D eigenvalue weighted by Crippen LogP contribution is 2.19. The van der Waals surface area contributed by atoms with Gasteiger partial charge >= 0.3 is 11.9 Å². The molecule has 0 aromatic rings. The molecule has 0 saturated carbocycles. The zero-order valence-corrected chi connectivity index (χ0v) is 63.1. The van der Waals surface area contributed by atoms with Gasteiger partial charge in [-0.2, -0.15) is 0 Å². The van der Waals surface area contributed by atoms with Crippen LogP contribution in [0.15, 0.2) is 158 Å². The Morgan fingerprint density at radius 2 is 0.417 bits per heavy atom. The minimum absolute atomic E-state index is 0.0679. The van der Waals surface area contributed by atoms with Gasteiger partial charge in [0.1, 0.15) is 6.61 Å². The molecular formula is C91H154O5. The summed E-state index contributed by atoms with van der Waals surface area (Å²) < 4.78 is 10.8. The summed E-state index contributed by atoms with van der Waals surface area (Å²) in [6.07, 6.45) is 129. The van der Waals surface area contributed by atoms with Crippen LogP contribution in [0.4, 0.5) is 0 Å². The second kappa shape index (κ2) is 84.7. The van der Waals surface area contributed by atoms with Crippen LogP contribution >= 0.6 is 0 Å². The van der Waals surface area contributed by atoms with E-state index >= 15 is 0 Å². The lowest BCUT2D eigenvalue weighted by molar-refractivity contribution is -0.161. The van der Waals surface area contributed by atoms with Crippen molar-refractivity contribution in [2.45, 2.75) is 392 Å². The molecule has 0 spiro atoms. The van der Waals surface area contributed by atoms with E-state index < -0.39 is 6.10 Å². The molecule has 0 aliphatic rings. The van der Waals surface area contributed by atoms with Gasteiger partial charge < -0.3 is 14.6 Å². The molecule has 5 heteroatoms. The van der Waals surface area contributed by atoms with Gasteiger partial charge in [-0.05, 0) is 122 Å². The van der Waals surface area contributed by atoms with Crippen LogP contribution < -0.4 is 0 Å². The number of unbranched alkanes of at least 4 members (excludes halogenated alkanes) is 41. The summed E-state index contributed by atoms with van der Waals surface area (Å²) in [6, 6.07) is 0. The van der Waals surface area contributed by atoms with Crippen LogP contribution in [0.1, 0.15) is 386 Å². The Morgan fingerprint density at radius 3 is 0.625 bits per heavy atom. The maximum absolute atomic E-state index is 12.4. The number of ether oxygens (including phenoxy) is 2. The summed E-state index contributed by atoms with van der Waals surface area (Å²) in [4.78, 5) is 24.7. The fourth-order valence-electron chi connectivity index (χ4n) is 11.8. The van der Waals surface area contributed by atoms with E-state index in [1.807, 2.05) is 0 Å². The zero-order valence-electron chi connectivity index (χ0n) is 63.1. The third-order valence-electron chi connectivity index (χ3n) is 17.8. The molecule has 0 aliphatic carbocycles. The highest BCUT2D eigenvalue weighted by atomic mass is 16.6. The van der Waals surface area contributed by atoms with Crippen LogP contribution in [0.2, 0.25) is 0 Å². The summed E-state index contributed by atoms with van der Waals surface area (Å²) in [5.41, 5.74) is 0. The van der Waals surface area contributed by atoms with Crippen molar-refractivity contribution >= 4 is 11.9 Å². The lowest BCUT2D eigenvalue weighted by Crippen LogP contribution is -2.28. The summed E-state index contributed by atoms with van der Waals surface area (Å²) in [5.74, 6) is -0.580. The predicted molar refractivity (Wildman–Crippen MR) is 426 cm³/mol. The van der Waals surface area contributed by atoms with Crippen LogP contribution in [-0.2, 0) is 19.1 Å². The van der Waals surface area contributed by atoms with Crippen molar-refractivity contribution in [1.82, 2.24) is 0 Å². The molecule has 0 bridgehead atoms. The van der Waals surface area contributed by atoms with Gasteiger partial charge in [0.25, 0.3) is 0 Å². The second-order valence-corrected chi connectivity index (χ2v) is 27.1. The molecule has 0 amide bonds. The first kappa shape index (κ1) is 91.5. The Kier molecular flexibility index (Phi) is 80.8. The average molecular weight is 1330 g/mol. The van der Waals surface area contributed by atoms with E-state index in [4.69, 9.17) is 9.47 Å². The highest BCUT2D eigenvalue weighted by molar-refractivity contribution is 5.70. The molecule has 1 atom stereocenters. The fourth-order valence-corrected chi connectivity index (χ4v) is 11.8. The maximum Gasteiger partial charge on any atom is 0.306 e. The number of esters is 2. The number of aliphatic hydroxyl groups is 1. The Labute approximate surface area is 596 Å². The van der Waals surface area contributed by atoms with Crippen molar-refractivity contribution in [3.63, 3.8) is 0 Å². The number of rotatable bonds is 75. The summed E-state index contributed by atoms with van der Waals surface area (Å²) in [7, 11) is 0. The average Bonchev–Trinajstić information content (AvgIpc) is 3.79. The number of allylic oxidation sites excluding steroid dienone is 26. The van der Waals surface area contributed by atoms with Gasteiger partial charge in [0.2, 0.25) is 0 Å². The predicted octanol–water partition coefficient (Wildman–Crippen LogP) is 29.3. The lowest BCUT2D eigenvalue weighted by Gasteiger charge is -2.15. The number of aliphatic hydroxyl groups excluding tert-OH is 1. The summed E-state index contributed by atoms with van der Waals surface area (Å²) in [5, 5.41) is 9.74. The molecule has 0 saturated heterocycles. The monoisotopic (exact) mass is 1330 g/mol. The van der Waals surface area contributed by atoms with E-state index in [0.29, 0.717) is 12.8 Å². The lowest BCUT2D eigenvalue weighted by atomic mass is 10.0. The third kappa shape index (κ3) is 81.9. The van der Waals surface area contributed by atoms with Crippen molar-refractivity contribution in [2.24, 2.45) is 0 Å². The second-order valence-electron chi connectivity index (χ2n) is 27.1. The molecule has 548 valence electrons. The van der Waals surface area contributed by atoms with Crippen LogP contribution in [0.25, 0.3) is 0 Å². The fraction of sp³-hybridized carbons (Fsp3) is 0.692. The smallest absolute Gasteiger partial charge is 0.306 e. The first-order valence-corrected chi connectivity index (χ1v) is 41.0. The Morgan fingerprint density at radius 1 is 0.240 bits per heavy atom. The van der Waals surface area contributed by atoms with Gasteiger partial charge in [-0.25, -0.2) is 0 Å². The third-order valence-corrected chi connectivity index (χ3v) is 17.8. The van der Waals surface area contributed by atoms with Crippen molar-refractivity contribution in [2.75, 3.05) is 13.2 Å². The molecule has 96 heavy (non-hydrogen) atoms. The summed E-state index contributed by atoms with van der Waals surface area (Å²) in [6.45, 7) is 3.95. The molecule has 0 aromatic heterocycles. The van der Waals surface area contributed by atoms with E-state index in [-0.39, 0.29) is 25.2 Å². The van der Waals surface area contributed by atoms with Gasteiger partial charge in [0.05, 0.1) is 6.61 Å². The molecule has 1 unspecified atom stereocenters. The number of hydrogen-bond donors (Lipinski definition) is 1. The van der Waals surface area contributed by atoms with Gasteiger partial charge in [-0.1, -0.05) is 409 Å². The Balaban J connectivity index is 3.45. The van der Waals surface area contributed by atoms with E-state index in [0.717, 1.165) is 122 Å². The quantitative estimate of drug-likeness (QED) is 0.0373. The molecule has 0 radical (unpaired) electrons. The number of carbonyl (C=O) groups is 2. The Bertz CT molecular complexity index is 2000. The SMILES string of the molecule is CC/C=C\C/C=C\C/C=C\C/C=C\C/C=C\C/C=C\C/C=C\C/C=C\C/C=C\CCCCCCCCCCCCCCCC(=O)OC(CO)COC(=O)CCCCCCCCCCCCCCCCCCCCCCCCCCCCCC/C=C\C/C=C\C/C=C\C/C=C\CC. The van der Waals surface area contributed by atoms with E-state index in [9.17, 15) is 14.7 Å². The zero-order chi connectivity index (χ0) is 69.0. The van der Waals surface area contributed by atoms with E-state index in [2.05, 4.69) is 172 Å². The van der Waals surface area contributed by atoms with Crippen molar-refractivity contribution < 1.29 is 24.2 Å². The normalized spacial score (nSPS) is 13.1. The highest BCUT2D eigenvalue weighted by Gasteiger charge is 2.16.